The van der Waals surface area contributed by atoms with Crippen molar-refractivity contribution in [1.29, 1.82) is 0 Å². The number of aromatic amines is 1. The van der Waals surface area contributed by atoms with Crippen molar-refractivity contribution in [1.82, 2.24) is 19.9 Å². The highest BCUT2D eigenvalue weighted by molar-refractivity contribution is 5.94. The Morgan fingerprint density at radius 3 is 3.00 bits per heavy atom. The molecule has 1 aliphatic heterocycles. The van der Waals surface area contributed by atoms with Crippen molar-refractivity contribution in [2.45, 2.75) is 13.0 Å². The second kappa shape index (κ2) is 6.39. The van der Waals surface area contributed by atoms with E-state index >= 15 is 0 Å². The van der Waals surface area contributed by atoms with E-state index in [-0.39, 0.29) is 5.91 Å². The molecule has 6 nitrogen and oxygen atoms in total. The lowest BCUT2D eigenvalue weighted by Crippen LogP contribution is -2.36. The second-order valence-corrected chi connectivity index (χ2v) is 5.96. The van der Waals surface area contributed by atoms with Crippen LogP contribution in [0.3, 0.4) is 0 Å². The van der Waals surface area contributed by atoms with Crippen molar-refractivity contribution in [3.63, 3.8) is 0 Å². The topological polar surface area (TPSA) is 71.1 Å². The summed E-state index contributed by atoms with van der Waals surface area (Å²) in [6.07, 6.45) is 4.01. The first-order chi connectivity index (χ1) is 12.2. The van der Waals surface area contributed by atoms with Crippen molar-refractivity contribution in [2.75, 3.05) is 13.7 Å². The van der Waals surface area contributed by atoms with Crippen LogP contribution in [0.1, 0.15) is 21.7 Å². The lowest BCUT2D eigenvalue weighted by atomic mass is 10.1. The van der Waals surface area contributed by atoms with Crippen LogP contribution in [0.5, 0.6) is 5.75 Å². The number of nitrogens with zero attached hydrogens (tertiary/aromatic N) is 3. The number of H-pyrrole nitrogens is 1. The third-order valence-corrected chi connectivity index (χ3v) is 4.37. The van der Waals surface area contributed by atoms with Gasteiger partial charge in [0.25, 0.3) is 5.91 Å². The molecule has 1 N–H and O–H groups in total. The number of hydrogen-bond acceptors (Lipinski definition) is 4. The molecule has 6 heteroatoms. The van der Waals surface area contributed by atoms with E-state index in [1.807, 2.05) is 29.2 Å². The maximum atomic E-state index is 12.6. The Bertz CT molecular complexity index is 905. The molecule has 0 aliphatic carbocycles. The molecule has 126 valence electrons. The minimum Gasteiger partial charge on any atom is -0.497 e. The van der Waals surface area contributed by atoms with Gasteiger partial charge in [-0.1, -0.05) is 12.1 Å². The van der Waals surface area contributed by atoms with Gasteiger partial charge in [-0.2, -0.15) is 0 Å². The highest BCUT2D eigenvalue weighted by Crippen LogP contribution is 2.25. The highest BCUT2D eigenvalue weighted by atomic mass is 16.5. The fourth-order valence-electron chi connectivity index (χ4n) is 3.05. The van der Waals surface area contributed by atoms with Crippen molar-refractivity contribution < 1.29 is 9.53 Å². The molecule has 3 aromatic rings. The Labute approximate surface area is 145 Å². The fourth-order valence-corrected chi connectivity index (χ4v) is 3.05. The molecule has 0 fully saturated rings. The van der Waals surface area contributed by atoms with Crippen LogP contribution in [0.25, 0.3) is 11.4 Å². The molecule has 0 radical (unpaired) electrons. The summed E-state index contributed by atoms with van der Waals surface area (Å²) in [5.74, 6) is 1.59. The van der Waals surface area contributed by atoms with E-state index in [0.29, 0.717) is 18.7 Å². The van der Waals surface area contributed by atoms with Crippen molar-refractivity contribution in [3.8, 4) is 17.1 Å². The van der Waals surface area contributed by atoms with Gasteiger partial charge in [-0.25, -0.2) is 4.98 Å². The molecule has 2 aromatic heterocycles. The standard InChI is InChI=1S/C19H18N4O2/c1-25-15-6-2-4-13(10-15)18-21-16-7-9-23(12-17(16)22-18)19(24)14-5-3-8-20-11-14/h2-6,8,10-11H,7,9,12H2,1H3,(H,21,22). The Balaban J connectivity index is 1.58. The smallest absolute Gasteiger partial charge is 0.255 e. The van der Waals surface area contributed by atoms with E-state index in [1.54, 1.807) is 31.6 Å². The predicted octanol–water partition coefficient (Wildman–Crippen LogP) is 2.68. The number of benzene rings is 1. The molecular formula is C19H18N4O2. The normalized spacial score (nSPS) is 13.4. The van der Waals surface area contributed by atoms with Crippen LogP contribution in [0.15, 0.2) is 48.8 Å². The number of rotatable bonds is 3. The Hall–Kier alpha value is -3.15. The summed E-state index contributed by atoms with van der Waals surface area (Å²) in [5, 5.41) is 0. The summed E-state index contributed by atoms with van der Waals surface area (Å²) in [6.45, 7) is 1.18. The van der Waals surface area contributed by atoms with Gasteiger partial charge in [-0.05, 0) is 24.3 Å². The van der Waals surface area contributed by atoms with Crippen LogP contribution in [0, 0.1) is 0 Å². The zero-order chi connectivity index (χ0) is 17.2. The number of pyridine rings is 1. The van der Waals surface area contributed by atoms with Gasteiger partial charge >= 0.3 is 0 Å². The molecule has 1 amide bonds. The van der Waals surface area contributed by atoms with Crippen LogP contribution in [-0.2, 0) is 13.0 Å². The summed E-state index contributed by atoms with van der Waals surface area (Å²) in [7, 11) is 1.65. The van der Waals surface area contributed by atoms with Gasteiger partial charge in [0.05, 0.1) is 30.6 Å². The Kier molecular flexibility index (Phi) is 3.93. The van der Waals surface area contributed by atoms with E-state index in [1.165, 1.54) is 0 Å². The zero-order valence-electron chi connectivity index (χ0n) is 13.9. The first kappa shape index (κ1) is 15.4. The largest absolute Gasteiger partial charge is 0.497 e. The number of nitrogens with one attached hydrogen (secondary N) is 1. The summed E-state index contributed by atoms with van der Waals surface area (Å²) in [4.78, 5) is 26.5. The minimum atomic E-state index is -0.00344. The SMILES string of the molecule is COc1cccc(-c2nc3c([nH]2)CN(C(=O)c2cccnc2)CC3)c1. The van der Waals surface area contributed by atoms with Crippen LogP contribution in [0.2, 0.25) is 0 Å². The van der Waals surface area contributed by atoms with Gasteiger partial charge in [-0.15, -0.1) is 0 Å². The summed E-state index contributed by atoms with van der Waals surface area (Å²) >= 11 is 0. The molecule has 3 heterocycles. The molecule has 25 heavy (non-hydrogen) atoms. The van der Waals surface area contributed by atoms with E-state index in [4.69, 9.17) is 9.72 Å². The summed E-state index contributed by atoms with van der Waals surface area (Å²) in [6, 6.07) is 11.3. The van der Waals surface area contributed by atoms with Gasteiger partial charge in [0.15, 0.2) is 0 Å². The maximum Gasteiger partial charge on any atom is 0.255 e. The van der Waals surface area contributed by atoms with Gasteiger partial charge in [0, 0.05) is 30.9 Å². The quantitative estimate of drug-likeness (QED) is 0.799. The number of hydrogen-bond donors (Lipinski definition) is 1. The monoisotopic (exact) mass is 334 g/mol. The van der Waals surface area contributed by atoms with Crippen molar-refractivity contribution in [2.24, 2.45) is 0 Å². The van der Waals surface area contributed by atoms with E-state index in [0.717, 1.165) is 34.9 Å². The molecule has 0 bridgehead atoms. The fraction of sp³-hybridized carbons (Fsp3) is 0.211. The van der Waals surface area contributed by atoms with Gasteiger partial charge in [0.2, 0.25) is 0 Å². The van der Waals surface area contributed by atoms with Gasteiger partial charge in [0.1, 0.15) is 11.6 Å². The van der Waals surface area contributed by atoms with Gasteiger partial charge in [-0.3, -0.25) is 9.78 Å². The molecule has 1 aliphatic rings. The predicted molar refractivity (Wildman–Crippen MR) is 93.3 cm³/mol. The molecule has 0 saturated carbocycles. The first-order valence-corrected chi connectivity index (χ1v) is 8.16. The molecule has 4 rings (SSSR count). The number of methoxy groups -OCH3 is 1. The third kappa shape index (κ3) is 2.98. The van der Waals surface area contributed by atoms with Crippen LogP contribution >= 0.6 is 0 Å². The average molecular weight is 334 g/mol. The molecule has 0 unspecified atom stereocenters. The minimum absolute atomic E-state index is 0.00344. The highest BCUT2D eigenvalue weighted by Gasteiger charge is 2.25. The maximum absolute atomic E-state index is 12.6. The van der Waals surface area contributed by atoms with E-state index in [9.17, 15) is 4.79 Å². The molecule has 0 saturated heterocycles. The number of amides is 1. The Morgan fingerprint density at radius 2 is 2.20 bits per heavy atom. The van der Waals surface area contributed by atoms with Gasteiger partial charge < -0.3 is 14.6 Å². The van der Waals surface area contributed by atoms with Crippen LogP contribution in [-0.4, -0.2) is 39.4 Å². The number of fused-ring (bicyclic) bond motifs is 1. The zero-order valence-corrected chi connectivity index (χ0v) is 13.9. The van der Waals surface area contributed by atoms with Crippen molar-refractivity contribution >= 4 is 5.91 Å². The van der Waals surface area contributed by atoms with E-state index in [2.05, 4.69) is 9.97 Å². The number of carbonyl (C=O) groups excluding carboxylic acids is 1. The van der Waals surface area contributed by atoms with Crippen LogP contribution < -0.4 is 4.74 Å². The molecule has 1 aromatic carbocycles. The lowest BCUT2D eigenvalue weighted by molar-refractivity contribution is 0.0731. The average Bonchev–Trinajstić information content (AvgIpc) is 3.11. The van der Waals surface area contributed by atoms with Crippen molar-refractivity contribution in [3.05, 3.63) is 65.7 Å². The summed E-state index contributed by atoms with van der Waals surface area (Å²) < 4.78 is 5.28. The van der Waals surface area contributed by atoms with E-state index < -0.39 is 0 Å². The molecule has 0 atom stereocenters. The Morgan fingerprint density at radius 1 is 1.28 bits per heavy atom. The van der Waals surface area contributed by atoms with Crippen LogP contribution in [0.4, 0.5) is 0 Å². The summed E-state index contributed by atoms with van der Waals surface area (Å²) in [5.41, 5.74) is 3.59. The molecular weight excluding hydrogens is 316 g/mol. The lowest BCUT2D eigenvalue weighted by Gasteiger charge is -2.26. The molecule has 0 spiro atoms. The number of imidazole rings is 1. The second-order valence-electron chi connectivity index (χ2n) is 5.96. The first-order valence-electron chi connectivity index (χ1n) is 8.16. The number of aromatic nitrogens is 3. The number of ether oxygens (including phenoxy) is 1. The number of carbonyl (C=O) groups is 1. The third-order valence-electron chi connectivity index (χ3n) is 4.37.